The van der Waals surface area contributed by atoms with Gasteiger partial charge in [0.05, 0.1) is 50.3 Å². The van der Waals surface area contributed by atoms with Crippen LogP contribution in [0, 0.1) is 11.8 Å². The second kappa shape index (κ2) is 18.7. The van der Waals surface area contributed by atoms with Crippen molar-refractivity contribution in [3.05, 3.63) is 0 Å². The Morgan fingerprint density at radius 2 is 1.60 bits per heavy atom. The molecule has 1 rings (SSSR count). The van der Waals surface area contributed by atoms with Crippen LogP contribution in [0.4, 0.5) is 4.79 Å². The minimum atomic E-state index is -0.627. The maximum Gasteiger partial charge on any atom is 0.325 e. The van der Waals surface area contributed by atoms with Gasteiger partial charge in [-0.2, -0.15) is 0 Å². The first-order valence-electron chi connectivity index (χ1n) is 15.3. The summed E-state index contributed by atoms with van der Waals surface area (Å²) in [6, 6.07) is -1.07. The maximum absolute atomic E-state index is 13.7. The van der Waals surface area contributed by atoms with Gasteiger partial charge < -0.3 is 39.5 Å². The fraction of sp³-hybridized carbons (Fsp3) is 0.833. The second-order valence-corrected chi connectivity index (χ2v) is 11.5. The average molecular weight is 614 g/mol. The maximum atomic E-state index is 13.7. The predicted octanol–water partition coefficient (Wildman–Crippen LogP) is 1.64. The summed E-state index contributed by atoms with van der Waals surface area (Å²) >= 11 is 0. The van der Waals surface area contributed by atoms with Gasteiger partial charge in [0.2, 0.25) is 17.7 Å². The molecule has 2 N–H and O–H groups in total. The molecule has 0 aromatic carbocycles. The minimum Gasteiger partial charge on any atom is -0.468 e. The Balaban J connectivity index is 3.04. The van der Waals surface area contributed by atoms with Gasteiger partial charge in [0.15, 0.2) is 0 Å². The molecule has 0 bridgehead atoms. The molecule has 0 spiro atoms. The van der Waals surface area contributed by atoms with Gasteiger partial charge in [0.1, 0.15) is 6.54 Å². The topological polar surface area (TPSA) is 147 Å². The fourth-order valence-electron chi connectivity index (χ4n) is 5.84. The molecule has 0 radical (unpaired) electrons. The van der Waals surface area contributed by atoms with Gasteiger partial charge in [-0.1, -0.05) is 27.2 Å². The van der Waals surface area contributed by atoms with E-state index in [1.54, 1.807) is 28.7 Å². The zero-order valence-corrected chi connectivity index (χ0v) is 27.8. The lowest BCUT2D eigenvalue weighted by molar-refractivity contribution is -0.146. The van der Waals surface area contributed by atoms with Gasteiger partial charge in [-0.05, 0) is 39.5 Å². The van der Waals surface area contributed by atoms with E-state index in [0.717, 1.165) is 12.8 Å². The van der Waals surface area contributed by atoms with Crippen molar-refractivity contribution in [1.82, 2.24) is 25.3 Å². The Morgan fingerprint density at radius 3 is 2.12 bits per heavy atom. The Labute approximate surface area is 257 Å². The molecule has 1 saturated heterocycles. The van der Waals surface area contributed by atoms with Gasteiger partial charge in [-0.3, -0.25) is 19.2 Å². The first kappa shape index (κ1) is 38.1. The lowest BCUT2D eigenvalue weighted by Crippen LogP contribution is -2.55. The van der Waals surface area contributed by atoms with Crippen LogP contribution in [-0.2, 0) is 33.4 Å². The third kappa shape index (κ3) is 10.6. The summed E-state index contributed by atoms with van der Waals surface area (Å²) in [4.78, 5) is 68.8. The Morgan fingerprint density at radius 1 is 0.953 bits per heavy atom. The molecule has 0 aromatic heterocycles. The van der Waals surface area contributed by atoms with Crippen molar-refractivity contribution in [3.8, 4) is 0 Å². The van der Waals surface area contributed by atoms with Crippen LogP contribution in [0.25, 0.3) is 0 Å². The van der Waals surface area contributed by atoms with Crippen LogP contribution < -0.4 is 10.6 Å². The standard InChI is InChI=1S/C30H55N5O8/c1-11-20(5)27(33(7)25(37)17-32-30(40)34(12-2)19(3)4)23(41-8)16-24(36)35-15-13-14-22(35)28(43-10)21(6)29(39)31-18-26(38)42-9/h19-23,27-28H,11-18H2,1-10H3,(H,31,39)(H,32,40)/t20-,21+,22-,23+,27-,28+/m0/s1. The van der Waals surface area contributed by atoms with Crippen LogP contribution in [0.2, 0.25) is 0 Å². The Kier molecular flexibility index (Phi) is 16.5. The minimum absolute atomic E-state index is 0.000993. The fourth-order valence-corrected chi connectivity index (χ4v) is 5.84. The number of nitrogens with zero attached hydrogens (tertiary/aromatic N) is 3. The molecule has 1 heterocycles. The number of amides is 5. The predicted molar refractivity (Wildman–Crippen MR) is 162 cm³/mol. The van der Waals surface area contributed by atoms with Crippen LogP contribution in [0.15, 0.2) is 0 Å². The van der Waals surface area contributed by atoms with E-state index in [2.05, 4.69) is 15.4 Å². The lowest BCUT2D eigenvalue weighted by atomic mass is 9.90. The Bertz CT molecular complexity index is 932. The van der Waals surface area contributed by atoms with Gasteiger partial charge in [0, 0.05) is 40.4 Å². The van der Waals surface area contributed by atoms with E-state index >= 15 is 0 Å². The van der Waals surface area contributed by atoms with Crippen LogP contribution in [0.3, 0.4) is 0 Å². The molecule has 13 nitrogen and oxygen atoms in total. The third-order valence-corrected chi connectivity index (χ3v) is 8.55. The number of hydrogen-bond donors (Lipinski definition) is 2. The number of nitrogens with one attached hydrogen (secondary N) is 2. The van der Waals surface area contributed by atoms with Crippen molar-refractivity contribution in [2.45, 2.75) is 97.6 Å². The van der Waals surface area contributed by atoms with Crippen molar-refractivity contribution >= 4 is 29.7 Å². The van der Waals surface area contributed by atoms with E-state index in [9.17, 15) is 24.0 Å². The number of urea groups is 1. The van der Waals surface area contributed by atoms with Gasteiger partial charge in [0.25, 0.3) is 0 Å². The summed E-state index contributed by atoms with van der Waals surface area (Å²) < 4.78 is 16.2. The van der Waals surface area contributed by atoms with E-state index in [0.29, 0.717) is 19.5 Å². The second-order valence-electron chi connectivity index (χ2n) is 11.5. The number of likely N-dealkylation sites (tertiary alicyclic amines) is 1. The molecule has 1 aliphatic heterocycles. The summed E-state index contributed by atoms with van der Waals surface area (Å²) in [5.41, 5.74) is 0. The summed E-state index contributed by atoms with van der Waals surface area (Å²) in [5.74, 6) is -1.99. The SMILES string of the molecule is CC[C@H](C)[C@@H]([C@@H](CC(=O)N1CCC[C@H]1[C@H](OC)[C@@H](C)C(=O)NCC(=O)OC)OC)N(C)C(=O)CNC(=O)N(CC)C(C)C. The van der Waals surface area contributed by atoms with Crippen molar-refractivity contribution in [2.24, 2.45) is 11.8 Å². The van der Waals surface area contributed by atoms with Crippen LogP contribution >= 0.6 is 0 Å². The van der Waals surface area contributed by atoms with E-state index in [1.807, 2.05) is 34.6 Å². The zero-order chi connectivity index (χ0) is 32.9. The molecule has 43 heavy (non-hydrogen) atoms. The lowest BCUT2D eigenvalue weighted by Gasteiger charge is -2.39. The molecule has 248 valence electrons. The highest BCUT2D eigenvalue weighted by molar-refractivity contribution is 5.85. The van der Waals surface area contributed by atoms with Crippen molar-refractivity contribution in [3.63, 3.8) is 0 Å². The molecule has 5 amide bonds. The van der Waals surface area contributed by atoms with Crippen molar-refractivity contribution < 1.29 is 38.2 Å². The molecular weight excluding hydrogens is 558 g/mol. The molecule has 13 heteroatoms. The highest BCUT2D eigenvalue weighted by Gasteiger charge is 2.42. The van der Waals surface area contributed by atoms with Gasteiger partial charge in [-0.25, -0.2) is 4.79 Å². The number of methoxy groups -OCH3 is 3. The number of rotatable bonds is 17. The Hall–Kier alpha value is -2.93. The van der Waals surface area contributed by atoms with E-state index in [-0.39, 0.29) is 61.3 Å². The molecule has 6 atom stereocenters. The average Bonchev–Trinajstić information content (AvgIpc) is 3.47. The van der Waals surface area contributed by atoms with Gasteiger partial charge >= 0.3 is 12.0 Å². The summed E-state index contributed by atoms with van der Waals surface area (Å²) in [5, 5.41) is 5.28. The van der Waals surface area contributed by atoms with Crippen LogP contribution in [0.5, 0.6) is 0 Å². The summed E-state index contributed by atoms with van der Waals surface area (Å²) in [6.45, 7) is 12.1. The monoisotopic (exact) mass is 613 g/mol. The number of hydrogen-bond acceptors (Lipinski definition) is 8. The van der Waals surface area contributed by atoms with E-state index in [1.165, 1.54) is 21.3 Å². The molecule has 0 unspecified atom stereocenters. The van der Waals surface area contributed by atoms with Crippen LogP contribution in [-0.4, -0.2) is 129 Å². The highest BCUT2D eigenvalue weighted by Crippen LogP contribution is 2.29. The van der Waals surface area contributed by atoms with Crippen LogP contribution in [0.1, 0.15) is 67.2 Å². The van der Waals surface area contributed by atoms with Crippen molar-refractivity contribution in [2.75, 3.05) is 54.6 Å². The van der Waals surface area contributed by atoms with Gasteiger partial charge in [-0.15, -0.1) is 0 Å². The third-order valence-electron chi connectivity index (χ3n) is 8.55. The first-order valence-corrected chi connectivity index (χ1v) is 15.3. The molecule has 0 aromatic rings. The smallest absolute Gasteiger partial charge is 0.325 e. The summed E-state index contributed by atoms with van der Waals surface area (Å²) in [7, 11) is 5.96. The van der Waals surface area contributed by atoms with E-state index in [4.69, 9.17) is 9.47 Å². The number of carbonyl (C=O) groups is 5. The van der Waals surface area contributed by atoms with Crippen molar-refractivity contribution in [1.29, 1.82) is 0 Å². The molecule has 0 aliphatic carbocycles. The number of carbonyl (C=O) groups excluding carboxylic acids is 5. The molecule has 1 aliphatic rings. The molecule has 1 fully saturated rings. The highest BCUT2D eigenvalue weighted by atomic mass is 16.5. The quantitative estimate of drug-likeness (QED) is 0.236. The first-order chi connectivity index (χ1) is 20.3. The summed E-state index contributed by atoms with van der Waals surface area (Å²) in [6.07, 6.45) is 1.00. The molecular formula is C30H55N5O8. The number of likely N-dealkylation sites (N-methyl/N-ethyl adjacent to an activating group) is 1. The normalized spacial score (nSPS) is 18.3. The largest absolute Gasteiger partial charge is 0.468 e. The van der Waals surface area contributed by atoms with E-state index < -0.39 is 30.1 Å². The number of ether oxygens (including phenoxy) is 3. The number of esters is 1. The molecule has 0 saturated carbocycles. The zero-order valence-electron chi connectivity index (χ0n) is 27.8.